The van der Waals surface area contributed by atoms with Gasteiger partial charge in [0.1, 0.15) is 5.56 Å². The summed E-state index contributed by atoms with van der Waals surface area (Å²) in [6, 6.07) is 16.3. The smallest absolute Gasteiger partial charge is 0.282 e. The van der Waals surface area contributed by atoms with E-state index < -0.39 is 10.8 Å². The quantitative estimate of drug-likeness (QED) is 0.512. The number of pyridine rings is 1. The summed E-state index contributed by atoms with van der Waals surface area (Å²) in [5.74, 6) is -0.0900. The van der Waals surface area contributed by atoms with E-state index in [2.05, 4.69) is 10.3 Å². The topological polar surface area (TPSA) is 88.4 Å². The Balaban J connectivity index is 1.92. The summed E-state index contributed by atoms with van der Waals surface area (Å²) in [6.07, 6.45) is 1.60. The molecule has 7 nitrogen and oxygen atoms in total. The Morgan fingerprint density at radius 3 is 2.52 bits per heavy atom. The largest absolute Gasteiger partial charge is 0.328 e. The zero-order chi connectivity index (χ0) is 19.4. The summed E-state index contributed by atoms with van der Waals surface area (Å²) in [4.78, 5) is 29.3. The first-order chi connectivity index (χ1) is 13.0. The highest BCUT2D eigenvalue weighted by Crippen LogP contribution is 2.30. The van der Waals surface area contributed by atoms with Crippen molar-refractivity contribution in [2.45, 2.75) is 0 Å². The SMILES string of the molecule is CN(c1ccc(Cl)cc1)c1ncccc1NC(=O)c1ccccc1[N+](=O)[O-]. The fraction of sp³-hybridized carbons (Fsp3) is 0.0526. The number of amides is 1. The Morgan fingerprint density at radius 1 is 1.11 bits per heavy atom. The normalized spacial score (nSPS) is 10.3. The highest BCUT2D eigenvalue weighted by molar-refractivity contribution is 6.30. The Kier molecular flexibility index (Phi) is 5.33. The summed E-state index contributed by atoms with van der Waals surface area (Å²) >= 11 is 5.92. The lowest BCUT2D eigenvalue weighted by molar-refractivity contribution is -0.385. The molecule has 27 heavy (non-hydrogen) atoms. The third-order valence-corrected chi connectivity index (χ3v) is 4.16. The van der Waals surface area contributed by atoms with Crippen LogP contribution in [0.2, 0.25) is 5.02 Å². The minimum atomic E-state index is -0.584. The number of nitro benzene ring substituents is 1. The summed E-state index contributed by atoms with van der Waals surface area (Å²) < 4.78 is 0. The molecular formula is C19H15ClN4O3. The third-order valence-electron chi connectivity index (χ3n) is 3.91. The van der Waals surface area contributed by atoms with Crippen molar-refractivity contribution in [1.29, 1.82) is 0 Å². The molecule has 0 saturated carbocycles. The average Bonchev–Trinajstić information content (AvgIpc) is 2.68. The van der Waals surface area contributed by atoms with E-state index >= 15 is 0 Å². The van der Waals surface area contributed by atoms with Gasteiger partial charge in [0.2, 0.25) is 0 Å². The summed E-state index contributed by atoms with van der Waals surface area (Å²) in [5.41, 5.74) is 0.968. The predicted octanol–water partition coefficient (Wildman–Crippen LogP) is 4.66. The number of nitrogens with one attached hydrogen (secondary N) is 1. The average molecular weight is 383 g/mol. The van der Waals surface area contributed by atoms with Crippen LogP contribution in [0.15, 0.2) is 66.9 Å². The number of aromatic nitrogens is 1. The molecule has 0 aliphatic rings. The van der Waals surface area contributed by atoms with Crippen LogP contribution in [0.25, 0.3) is 0 Å². The van der Waals surface area contributed by atoms with E-state index in [1.54, 1.807) is 48.5 Å². The first-order valence-corrected chi connectivity index (χ1v) is 8.34. The van der Waals surface area contributed by atoms with Crippen LogP contribution in [0, 0.1) is 10.1 Å². The zero-order valence-corrected chi connectivity index (χ0v) is 15.1. The van der Waals surface area contributed by atoms with E-state index in [9.17, 15) is 14.9 Å². The minimum Gasteiger partial charge on any atom is -0.328 e. The zero-order valence-electron chi connectivity index (χ0n) is 14.3. The standard InChI is InChI=1S/C19H15ClN4O3/c1-23(14-10-8-13(20)9-11-14)18-16(6-4-12-21-18)22-19(25)15-5-2-3-7-17(15)24(26)27/h2-12H,1H3,(H,22,25). The van der Waals surface area contributed by atoms with Crippen molar-refractivity contribution in [2.24, 2.45) is 0 Å². The molecule has 8 heteroatoms. The molecule has 136 valence electrons. The first kappa shape index (κ1) is 18.3. The molecule has 1 amide bonds. The summed E-state index contributed by atoms with van der Waals surface area (Å²) in [6.45, 7) is 0. The number of carbonyl (C=O) groups excluding carboxylic acids is 1. The maximum atomic E-state index is 12.6. The first-order valence-electron chi connectivity index (χ1n) is 7.96. The number of hydrogen-bond acceptors (Lipinski definition) is 5. The van der Waals surface area contributed by atoms with Gasteiger partial charge in [-0.15, -0.1) is 0 Å². The number of nitro groups is 1. The van der Waals surface area contributed by atoms with E-state index in [-0.39, 0.29) is 11.3 Å². The molecular weight excluding hydrogens is 368 g/mol. The van der Waals surface area contributed by atoms with Crippen LogP contribution in [0.3, 0.4) is 0 Å². The van der Waals surface area contributed by atoms with Crippen molar-refractivity contribution >= 4 is 40.4 Å². The summed E-state index contributed by atoms with van der Waals surface area (Å²) in [7, 11) is 1.80. The Morgan fingerprint density at radius 2 is 1.81 bits per heavy atom. The Bertz CT molecular complexity index is 992. The number of anilines is 3. The lowest BCUT2D eigenvalue weighted by atomic mass is 10.1. The molecule has 0 radical (unpaired) electrons. The molecule has 0 bridgehead atoms. The predicted molar refractivity (Wildman–Crippen MR) is 105 cm³/mol. The molecule has 1 aromatic heterocycles. The molecule has 0 unspecified atom stereocenters. The molecule has 3 aromatic rings. The van der Waals surface area contributed by atoms with Crippen LogP contribution in [-0.4, -0.2) is 22.9 Å². The second-order valence-electron chi connectivity index (χ2n) is 5.64. The van der Waals surface area contributed by atoms with Crippen molar-refractivity contribution in [3.05, 3.63) is 87.6 Å². The molecule has 0 saturated heterocycles. The van der Waals surface area contributed by atoms with E-state index in [4.69, 9.17) is 11.6 Å². The fourth-order valence-corrected chi connectivity index (χ4v) is 2.69. The van der Waals surface area contributed by atoms with Crippen LogP contribution in [-0.2, 0) is 0 Å². The van der Waals surface area contributed by atoms with E-state index in [1.807, 2.05) is 12.1 Å². The van der Waals surface area contributed by atoms with E-state index in [0.717, 1.165) is 5.69 Å². The number of para-hydroxylation sites is 1. The van der Waals surface area contributed by atoms with Crippen molar-refractivity contribution in [2.75, 3.05) is 17.3 Å². The Labute approximate surface area is 160 Å². The van der Waals surface area contributed by atoms with Crippen LogP contribution >= 0.6 is 11.6 Å². The van der Waals surface area contributed by atoms with Gasteiger partial charge in [0.05, 0.1) is 10.6 Å². The maximum absolute atomic E-state index is 12.6. The monoisotopic (exact) mass is 382 g/mol. The number of carbonyl (C=O) groups is 1. The number of nitrogens with zero attached hydrogens (tertiary/aromatic N) is 3. The van der Waals surface area contributed by atoms with Crippen molar-refractivity contribution in [3.8, 4) is 0 Å². The third kappa shape index (κ3) is 4.04. The van der Waals surface area contributed by atoms with Gasteiger partial charge in [-0.05, 0) is 42.5 Å². The van der Waals surface area contributed by atoms with Crippen molar-refractivity contribution in [3.63, 3.8) is 0 Å². The van der Waals surface area contributed by atoms with Gasteiger partial charge >= 0.3 is 0 Å². The molecule has 0 atom stereocenters. The van der Waals surface area contributed by atoms with E-state index in [0.29, 0.717) is 16.5 Å². The van der Waals surface area contributed by atoms with Gasteiger partial charge in [0.15, 0.2) is 5.82 Å². The second kappa shape index (κ2) is 7.84. The van der Waals surface area contributed by atoms with Gasteiger partial charge in [-0.2, -0.15) is 0 Å². The number of benzene rings is 2. The second-order valence-corrected chi connectivity index (χ2v) is 6.07. The number of rotatable bonds is 5. The fourth-order valence-electron chi connectivity index (χ4n) is 2.56. The van der Waals surface area contributed by atoms with Crippen molar-refractivity contribution in [1.82, 2.24) is 4.98 Å². The molecule has 0 aliphatic heterocycles. The molecule has 3 rings (SSSR count). The maximum Gasteiger partial charge on any atom is 0.282 e. The van der Waals surface area contributed by atoms with Gasteiger partial charge in [0, 0.05) is 30.0 Å². The van der Waals surface area contributed by atoms with Crippen LogP contribution in [0.4, 0.5) is 22.9 Å². The molecule has 0 fully saturated rings. The lowest BCUT2D eigenvalue weighted by Crippen LogP contribution is -2.18. The molecule has 0 spiro atoms. The van der Waals surface area contributed by atoms with Gasteiger partial charge in [-0.1, -0.05) is 23.7 Å². The van der Waals surface area contributed by atoms with Gasteiger partial charge in [0.25, 0.3) is 11.6 Å². The van der Waals surface area contributed by atoms with Crippen LogP contribution in [0.1, 0.15) is 10.4 Å². The van der Waals surface area contributed by atoms with Crippen molar-refractivity contribution < 1.29 is 9.72 Å². The van der Waals surface area contributed by atoms with Gasteiger partial charge < -0.3 is 10.2 Å². The summed E-state index contributed by atoms with van der Waals surface area (Å²) in [5, 5.41) is 14.5. The molecule has 1 heterocycles. The highest BCUT2D eigenvalue weighted by atomic mass is 35.5. The molecule has 0 aliphatic carbocycles. The highest BCUT2D eigenvalue weighted by Gasteiger charge is 2.21. The molecule has 2 aromatic carbocycles. The minimum absolute atomic E-state index is 0.0218. The lowest BCUT2D eigenvalue weighted by Gasteiger charge is -2.21. The van der Waals surface area contributed by atoms with Crippen LogP contribution < -0.4 is 10.2 Å². The van der Waals surface area contributed by atoms with Gasteiger partial charge in [-0.3, -0.25) is 14.9 Å². The van der Waals surface area contributed by atoms with E-state index in [1.165, 1.54) is 18.2 Å². The number of hydrogen-bond donors (Lipinski definition) is 1. The van der Waals surface area contributed by atoms with Crippen LogP contribution in [0.5, 0.6) is 0 Å². The Hall–Kier alpha value is -3.45. The molecule has 1 N–H and O–H groups in total. The number of halogens is 1. The van der Waals surface area contributed by atoms with Gasteiger partial charge in [-0.25, -0.2) is 4.98 Å².